The van der Waals surface area contributed by atoms with Crippen molar-refractivity contribution >= 4 is 22.7 Å². The highest BCUT2D eigenvalue weighted by Gasteiger charge is 2.41. The fourth-order valence-corrected chi connectivity index (χ4v) is 4.91. The molecule has 0 bridgehead atoms. The molecule has 4 aromatic rings. The third kappa shape index (κ3) is 4.16. The van der Waals surface area contributed by atoms with Crippen molar-refractivity contribution < 1.29 is 14.3 Å². The van der Waals surface area contributed by atoms with E-state index in [-0.39, 0.29) is 18.4 Å². The number of hydrogen-bond donors (Lipinski definition) is 2. The number of methoxy groups -OCH3 is 1. The molecule has 1 aromatic heterocycles. The van der Waals surface area contributed by atoms with E-state index in [0.29, 0.717) is 5.56 Å². The first-order valence-electron chi connectivity index (χ1n) is 11.7. The van der Waals surface area contributed by atoms with E-state index in [2.05, 4.69) is 16.4 Å². The topological polar surface area (TPSA) is 74.4 Å². The average Bonchev–Trinajstić information content (AvgIpc) is 3.33. The summed E-state index contributed by atoms with van der Waals surface area (Å²) in [7, 11) is 1.65. The molecule has 1 aliphatic heterocycles. The largest absolute Gasteiger partial charge is 0.497 e. The quantitative estimate of drug-likeness (QED) is 0.418. The number of hydrogen-bond acceptors (Lipinski definition) is 3. The smallest absolute Gasteiger partial charge is 0.255 e. The van der Waals surface area contributed by atoms with Crippen LogP contribution in [-0.2, 0) is 4.79 Å². The molecule has 35 heavy (non-hydrogen) atoms. The Balaban J connectivity index is 1.71. The number of aromatic nitrogens is 1. The fraction of sp³-hybridized carbons (Fsp3) is 0.241. The minimum Gasteiger partial charge on any atom is -0.497 e. The maximum atomic E-state index is 13.6. The van der Waals surface area contributed by atoms with Crippen LogP contribution in [0.15, 0.2) is 72.8 Å². The summed E-state index contributed by atoms with van der Waals surface area (Å²) in [6.07, 6.45) is 0. The standard InChI is InChI=1S/C29H29N3O3/c1-29(2,3)31-24(33)17-32-27(20-12-5-6-13-21(20)28(32)34)25-22-14-7-8-15-23(22)30-26(25)18-10-9-11-19(16-18)35-4/h5-16,27,30H,17H2,1-4H3,(H,31,33)/t27-/m0/s1. The molecular formula is C29H29N3O3. The maximum Gasteiger partial charge on any atom is 0.255 e. The van der Waals surface area contributed by atoms with Crippen LogP contribution < -0.4 is 10.1 Å². The predicted octanol–water partition coefficient (Wildman–Crippen LogP) is 5.30. The second-order valence-electron chi connectivity index (χ2n) is 9.91. The van der Waals surface area contributed by atoms with Crippen LogP contribution in [0.5, 0.6) is 5.75 Å². The van der Waals surface area contributed by atoms with Crippen molar-refractivity contribution in [1.29, 1.82) is 0 Å². The molecule has 6 heteroatoms. The number of fused-ring (bicyclic) bond motifs is 2. The first-order chi connectivity index (χ1) is 16.8. The first-order valence-corrected chi connectivity index (χ1v) is 11.7. The van der Waals surface area contributed by atoms with Gasteiger partial charge in [-0.25, -0.2) is 0 Å². The Labute approximate surface area is 204 Å². The van der Waals surface area contributed by atoms with Crippen molar-refractivity contribution in [1.82, 2.24) is 15.2 Å². The van der Waals surface area contributed by atoms with Crippen molar-refractivity contribution in [2.75, 3.05) is 13.7 Å². The van der Waals surface area contributed by atoms with Gasteiger partial charge in [0.15, 0.2) is 0 Å². The minimum absolute atomic E-state index is 0.0352. The highest BCUT2D eigenvalue weighted by Crippen LogP contribution is 2.45. The molecule has 0 fully saturated rings. The second kappa shape index (κ2) is 8.62. The van der Waals surface area contributed by atoms with Gasteiger partial charge in [0.2, 0.25) is 5.91 Å². The highest BCUT2D eigenvalue weighted by atomic mass is 16.5. The highest BCUT2D eigenvalue weighted by molar-refractivity contribution is 6.03. The number of benzene rings is 3. The number of nitrogens with zero attached hydrogens (tertiary/aromatic N) is 1. The molecule has 1 atom stereocenters. The number of para-hydroxylation sites is 1. The maximum absolute atomic E-state index is 13.6. The van der Waals surface area contributed by atoms with E-state index >= 15 is 0 Å². The molecule has 0 spiro atoms. The Morgan fingerprint density at radius 3 is 2.54 bits per heavy atom. The van der Waals surface area contributed by atoms with E-state index in [0.717, 1.165) is 39.0 Å². The van der Waals surface area contributed by atoms with E-state index in [9.17, 15) is 9.59 Å². The SMILES string of the molecule is COc1cccc(-c2[nH]c3ccccc3c2[C@@H]2c3ccccc3C(=O)N2CC(=O)NC(C)(C)C)c1. The van der Waals surface area contributed by atoms with Crippen LogP contribution in [0.1, 0.15) is 48.3 Å². The molecule has 2 N–H and O–H groups in total. The molecule has 0 saturated heterocycles. The van der Waals surface area contributed by atoms with Gasteiger partial charge in [0, 0.05) is 33.1 Å². The zero-order chi connectivity index (χ0) is 24.7. The van der Waals surface area contributed by atoms with Crippen LogP contribution in [0.25, 0.3) is 22.2 Å². The zero-order valence-electron chi connectivity index (χ0n) is 20.4. The van der Waals surface area contributed by atoms with E-state index in [1.54, 1.807) is 12.0 Å². The fourth-order valence-electron chi connectivity index (χ4n) is 4.91. The van der Waals surface area contributed by atoms with Crippen molar-refractivity contribution in [3.63, 3.8) is 0 Å². The molecular weight excluding hydrogens is 438 g/mol. The summed E-state index contributed by atoms with van der Waals surface area (Å²) >= 11 is 0. The molecule has 0 unspecified atom stereocenters. The lowest BCUT2D eigenvalue weighted by atomic mass is 9.93. The number of H-pyrrole nitrogens is 1. The third-order valence-corrected chi connectivity index (χ3v) is 6.26. The Morgan fingerprint density at radius 1 is 1.03 bits per heavy atom. The summed E-state index contributed by atoms with van der Waals surface area (Å²) in [5.74, 6) is 0.416. The van der Waals surface area contributed by atoms with Gasteiger partial charge in [0.25, 0.3) is 5.91 Å². The summed E-state index contributed by atoms with van der Waals surface area (Å²) in [4.78, 5) is 31.9. The van der Waals surface area contributed by atoms with Gasteiger partial charge in [-0.15, -0.1) is 0 Å². The molecule has 2 amide bonds. The van der Waals surface area contributed by atoms with Crippen molar-refractivity contribution in [2.45, 2.75) is 32.4 Å². The Morgan fingerprint density at radius 2 is 1.77 bits per heavy atom. The number of aromatic amines is 1. The summed E-state index contributed by atoms with van der Waals surface area (Å²) in [6, 6.07) is 23.1. The van der Waals surface area contributed by atoms with Gasteiger partial charge in [0.1, 0.15) is 12.3 Å². The van der Waals surface area contributed by atoms with Gasteiger partial charge in [-0.2, -0.15) is 0 Å². The molecule has 5 rings (SSSR count). The predicted molar refractivity (Wildman–Crippen MR) is 138 cm³/mol. The van der Waals surface area contributed by atoms with E-state index in [4.69, 9.17) is 4.74 Å². The van der Waals surface area contributed by atoms with Gasteiger partial charge in [-0.05, 0) is 50.6 Å². The van der Waals surface area contributed by atoms with Crippen molar-refractivity contribution in [3.05, 3.63) is 89.5 Å². The summed E-state index contributed by atoms with van der Waals surface area (Å²) in [5.41, 5.74) is 4.92. The Bertz CT molecular complexity index is 1430. The van der Waals surface area contributed by atoms with Crippen molar-refractivity contribution in [3.8, 4) is 17.0 Å². The van der Waals surface area contributed by atoms with Gasteiger partial charge >= 0.3 is 0 Å². The Hall–Kier alpha value is -4.06. The van der Waals surface area contributed by atoms with Crippen LogP contribution in [-0.4, -0.2) is 40.9 Å². The van der Waals surface area contributed by atoms with Crippen molar-refractivity contribution in [2.24, 2.45) is 0 Å². The summed E-state index contributed by atoms with van der Waals surface area (Å²) in [6.45, 7) is 5.77. The lowest BCUT2D eigenvalue weighted by Gasteiger charge is -2.28. The average molecular weight is 468 g/mol. The molecule has 0 radical (unpaired) electrons. The van der Waals surface area contributed by atoms with Crippen LogP contribution in [0.4, 0.5) is 0 Å². The molecule has 3 aromatic carbocycles. The van der Waals surface area contributed by atoms with E-state index in [1.165, 1.54) is 0 Å². The molecule has 0 aliphatic carbocycles. The summed E-state index contributed by atoms with van der Waals surface area (Å²) < 4.78 is 5.48. The number of amides is 2. The summed E-state index contributed by atoms with van der Waals surface area (Å²) in [5, 5.41) is 4.02. The van der Waals surface area contributed by atoms with Crippen LogP contribution in [0.2, 0.25) is 0 Å². The van der Waals surface area contributed by atoms with E-state index < -0.39 is 11.6 Å². The number of rotatable bonds is 5. The van der Waals surface area contributed by atoms with Crippen LogP contribution >= 0.6 is 0 Å². The van der Waals surface area contributed by atoms with Gasteiger partial charge < -0.3 is 19.9 Å². The third-order valence-electron chi connectivity index (χ3n) is 6.26. The number of carbonyl (C=O) groups excluding carboxylic acids is 2. The monoisotopic (exact) mass is 467 g/mol. The van der Waals surface area contributed by atoms with Crippen LogP contribution in [0, 0.1) is 0 Å². The zero-order valence-corrected chi connectivity index (χ0v) is 20.4. The van der Waals surface area contributed by atoms with Gasteiger partial charge in [-0.1, -0.05) is 48.5 Å². The molecule has 0 saturated carbocycles. The molecule has 178 valence electrons. The molecule has 1 aliphatic rings. The van der Waals surface area contributed by atoms with Gasteiger partial charge in [-0.3, -0.25) is 9.59 Å². The van der Waals surface area contributed by atoms with Gasteiger partial charge in [0.05, 0.1) is 18.8 Å². The Kier molecular flexibility index (Phi) is 5.59. The number of carbonyl (C=O) groups is 2. The molecule has 2 heterocycles. The lowest BCUT2D eigenvalue weighted by Crippen LogP contribution is -2.46. The lowest BCUT2D eigenvalue weighted by molar-refractivity contribution is -0.123. The first kappa shape index (κ1) is 22.7. The number of nitrogens with one attached hydrogen (secondary N) is 2. The normalized spacial score (nSPS) is 15.4. The number of ether oxygens (including phenoxy) is 1. The van der Waals surface area contributed by atoms with Crippen LogP contribution in [0.3, 0.4) is 0 Å². The molecule has 6 nitrogen and oxygen atoms in total. The van der Waals surface area contributed by atoms with E-state index in [1.807, 2.05) is 87.5 Å². The second-order valence-corrected chi connectivity index (χ2v) is 9.91. The minimum atomic E-state index is -0.415.